The molecule has 3 heteroatoms. The zero-order chi connectivity index (χ0) is 13.7. The zero-order valence-electron chi connectivity index (χ0n) is 11.9. The highest BCUT2D eigenvalue weighted by Crippen LogP contribution is 2.26. The van der Waals surface area contributed by atoms with E-state index in [1.165, 1.54) is 19.3 Å². The van der Waals surface area contributed by atoms with Gasteiger partial charge in [0.2, 0.25) is 0 Å². The van der Waals surface area contributed by atoms with Crippen molar-refractivity contribution in [2.24, 2.45) is 0 Å². The summed E-state index contributed by atoms with van der Waals surface area (Å²) in [6.45, 7) is 4.43. The second-order valence-corrected chi connectivity index (χ2v) is 5.09. The van der Waals surface area contributed by atoms with Crippen LogP contribution in [0, 0.1) is 0 Å². The molecule has 0 aliphatic rings. The van der Waals surface area contributed by atoms with Crippen molar-refractivity contribution in [1.29, 1.82) is 0 Å². The van der Waals surface area contributed by atoms with Crippen LogP contribution >= 0.6 is 0 Å². The fraction of sp³-hybridized carbons (Fsp3) is 0.500. The first-order valence-electron chi connectivity index (χ1n) is 7.28. The van der Waals surface area contributed by atoms with Gasteiger partial charge in [0.05, 0.1) is 5.52 Å². The van der Waals surface area contributed by atoms with E-state index in [1.54, 1.807) is 0 Å². The molecule has 0 saturated heterocycles. The molecule has 3 nitrogen and oxygen atoms in total. The number of aromatic nitrogens is 2. The number of anilines is 1. The number of rotatable bonds is 6. The number of fused-ring (bicyclic) bond motifs is 1. The molecule has 2 N–H and O–H groups in total. The van der Waals surface area contributed by atoms with Crippen molar-refractivity contribution in [3.8, 4) is 0 Å². The molecule has 0 fully saturated rings. The molecular weight excluding hydrogens is 234 g/mol. The summed E-state index contributed by atoms with van der Waals surface area (Å²) in [5, 5.41) is 0.953. The molecule has 0 amide bonds. The Labute approximate surface area is 115 Å². The van der Waals surface area contributed by atoms with E-state index >= 15 is 0 Å². The van der Waals surface area contributed by atoms with Crippen LogP contribution in [0.5, 0.6) is 0 Å². The summed E-state index contributed by atoms with van der Waals surface area (Å²) in [5.41, 5.74) is 7.01. The van der Waals surface area contributed by atoms with Crippen LogP contribution < -0.4 is 5.73 Å². The molecule has 0 aliphatic carbocycles. The number of nitrogens with zero attached hydrogens (tertiary/aromatic N) is 2. The quantitative estimate of drug-likeness (QED) is 0.785. The van der Waals surface area contributed by atoms with Gasteiger partial charge in [-0.25, -0.2) is 9.97 Å². The van der Waals surface area contributed by atoms with E-state index in [0.717, 1.165) is 29.6 Å². The molecule has 1 heterocycles. The maximum absolute atomic E-state index is 6.05. The third kappa shape index (κ3) is 3.22. The SMILES string of the molecule is CCCCC[C@@H](CC)c1nc(N)c2ccccc2n1. The van der Waals surface area contributed by atoms with Crippen molar-refractivity contribution in [1.82, 2.24) is 9.97 Å². The van der Waals surface area contributed by atoms with Gasteiger partial charge in [0.15, 0.2) is 0 Å². The molecule has 2 rings (SSSR count). The van der Waals surface area contributed by atoms with Crippen LogP contribution in [-0.2, 0) is 0 Å². The second-order valence-electron chi connectivity index (χ2n) is 5.09. The highest BCUT2D eigenvalue weighted by Gasteiger charge is 2.14. The molecular formula is C16H23N3. The Morgan fingerprint density at radius 1 is 1.11 bits per heavy atom. The van der Waals surface area contributed by atoms with Gasteiger partial charge in [-0.2, -0.15) is 0 Å². The molecule has 0 saturated carbocycles. The first kappa shape index (κ1) is 13.8. The Bertz CT molecular complexity index is 537. The average Bonchev–Trinajstić information content (AvgIpc) is 2.44. The van der Waals surface area contributed by atoms with Crippen molar-refractivity contribution >= 4 is 16.7 Å². The molecule has 0 unspecified atom stereocenters. The minimum atomic E-state index is 0.429. The highest BCUT2D eigenvalue weighted by atomic mass is 15.0. The summed E-state index contributed by atoms with van der Waals surface area (Å²) in [7, 11) is 0. The van der Waals surface area contributed by atoms with Gasteiger partial charge in [-0.05, 0) is 25.0 Å². The minimum absolute atomic E-state index is 0.429. The molecule has 102 valence electrons. The van der Waals surface area contributed by atoms with E-state index in [2.05, 4.69) is 18.8 Å². The number of hydrogen-bond donors (Lipinski definition) is 1. The van der Waals surface area contributed by atoms with E-state index in [1.807, 2.05) is 24.3 Å². The van der Waals surface area contributed by atoms with Crippen molar-refractivity contribution in [2.45, 2.75) is 51.9 Å². The van der Waals surface area contributed by atoms with Gasteiger partial charge in [-0.15, -0.1) is 0 Å². The Morgan fingerprint density at radius 2 is 1.89 bits per heavy atom. The third-order valence-electron chi connectivity index (χ3n) is 3.66. The van der Waals surface area contributed by atoms with E-state index < -0.39 is 0 Å². The predicted octanol–water partition coefficient (Wildman–Crippen LogP) is 4.29. The topological polar surface area (TPSA) is 51.8 Å². The summed E-state index contributed by atoms with van der Waals surface area (Å²) in [6.07, 6.45) is 5.99. The minimum Gasteiger partial charge on any atom is -0.383 e. The average molecular weight is 257 g/mol. The first-order chi connectivity index (χ1) is 9.26. The summed E-state index contributed by atoms with van der Waals surface area (Å²) in [5.74, 6) is 1.95. The van der Waals surface area contributed by atoms with E-state index in [4.69, 9.17) is 10.7 Å². The molecule has 0 spiro atoms. The van der Waals surface area contributed by atoms with Gasteiger partial charge in [0.25, 0.3) is 0 Å². The lowest BCUT2D eigenvalue weighted by Crippen LogP contribution is -2.07. The van der Waals surface area contributed by atoms with Gasteiger partial charge >= 0.3 is 0 Å². The van der Waals surface area contributed by atoms with Crippen molar-refractivity contribution in [2.75, 3.05) is 5.73 Å². The summed E-state index contributed by atoms with van der Waals surface area (Å²) in [4.78, 5) is 9.21. The number of nitrogens with two attached hydrogens (primary N) is 1. The normalized spacial score (nSPS) is 12.7. The fourth-order valence-electron chi connectivity index (χ4n) is 2.46. The molecule has 0 bridgehead atoms. The predicted molar refractivity (Wildman–Crippen MR) is 81.1 cm³/mol. The van der Waals surface area contributed by atoms with Crippen LogP contribution in [-0.4, -0.2) is 9.97 Å². The fourth-order valence-corrected chi connectivity index (χ4v) is 2.46. The van der Waals surface area contributed by atoms with E-state index in [9.17, 15) is 0 Å². The molecule has 19 heavy (non-hydrogen) atoms. The number of benzene rings is 1. The Hall–Kier alpha value is -1.64. The number of para-hydroxylation sites is 1. The molecule has 2 aromatic rings. The number of unbranched alkanes of at least 4 members (excludes halogenated alkanes) is 2. The molecule has 1 aromatic carbocycles. The van der Waals surface area contributed by atoms with Crippen LogP contribution in [0.2, 0.25) is 0 Å². The lowest BCUT2D eigenvalue weighted by molar-refractivity contribution is 0.532. The highest BCUT2D eigenvalue weighted by molar-refractivity contribution is 5.87. The Balaban J connectivity index is 2.27. The van der Waals surface area contributed by atoms with Crippen molar-refractivity contribution < 1.29 is 0 Å². The van der Waals surface area contributed by atoms with Gasteiger partial charge in [-0.1, -0.05) is 45.2 Å². The van der Waals surface area contributed by atoms with Crippen LogP contribution in [0.15, 0.2) is 24.3 Å². The standard InChI is InChI=1S/C16H23N3/c1-3-5-6-9-12(4-2)16-18-14-11-8-7-10-13(14)15(17)19-16/h7-8,10-12H,3-6,9H2,1-2H3,(H2,17,18,19)/t12-/m1/s1. The molecule has 1 aromatic heterocycles. The lowest BCUT2D eigenvalue weighted by atomic mass is 9.97. The third-order valence-corrected chi connectivity index (χ3v) is 3.66. The largest absolute Gasteiger partial charge is 0.383 e. The number of hydrogen-bond acceptors (Lipinski definition) is 3. The summed E-state index contributed by atoms with van der Waals surface area (Å²) >= 11 is 0. The van der Waals surface area contributed by atoms with Crippen LogP contribution in [0.3, 0.4) is 0 Å². The lowest BCUT2D eigenvalue weighted by Gasteiger charge is -2.14. The Morgan fingerprint density at radius 3 is 2.63 bits per heavy atom. The molecule has 1 atom stereocenters. The summed E-state index contributed by atoms with van der Waals surface area (Å²) in [6, 6.07) is 7.96. The van der Waals surface area contributed by atoms with Gasteiger partial charge in [-0.3, -0.25) is 0 Å². The zero-order valence-corrected chi connectivity index (χ0v) is 11.9. The van der Waals surface area contributed by atoms with Crippen LogP contribution in [0.25, 0.3) is 10.9 Å². The maximum atomic E-state index is 6.05. The van der Waals surface area contributed by atoms with Crippen molar-refractivity contribution in [3.63, 3.8) is 0 Å². The second kappa shape index (κ2) is 6.50. The first-order valence-corrected chi connectivity index (χ1v) is 7.28. The monoisotopic (exact) mass is 257 g/mol. The van der Waals surface area contributed by atoms with Gasteiger partial charge in [0, 0.05) is 11.3 Å². The van der Waals surface area contributed by atoms with E-state index in [-0.39, 0.29) is 0 Å². The van der Waals surface area contributed by atoms with Crippen LogP contribution in [0.1, 0.15) is 57.7 Å². The Kier molecular flexibility index (Phi) is 4.72. The van der Waals surface area contributed by atoms with Gasteiger partial charge in [0.1, 0.15) is 11.6 Å². The van der Waals surface area contributed by atoms with Crippen molar-refractivity contribution in [3.05, 3.63) is 30.1 Å². The molecule has 0 radical (unpaired) electrons. The summed E-state index contributed by atoms with van der Waals surface area (Å²) < 4.78 is 0. The van der Waals surface area contributed by atoms with E-state index in [0.29, 0.717) is 11.7 Å². The maximum Gasteiger partial charge on any atom is 0.135 e. The smallest absolute Gasteiger partial charge is 0.135 e. The van der Waals surface area contributed by atoms with Gasteiger partial charge < -0.3 is 5.73 Å². The molecule has 0 aliphatic heterocycles. The van der Waals surface area contributed by atoms with Crippen LogP contribution in [0.4, 0.5) is 5.82 Å². The number of nitrogen functional groups attached to an aromatic ring is 1.